The SMILES string of the molecule is CN(C)C(=O)Sc1ccc(NC(=O)c2ccccc2SCC(=O)N2CCCC2)cc1. The number of likely N-dealkylation sites (tertiary alicyclic amines) is 1. The summed E-state index contributed by atoms with van der Waals surface area (Å²) in [7, 11) is 3.41. The molecular formula is C22H25N3O3S2. The normalized spacial score (nSPS) is 13.2. The molecule has 2 aromatic rings. The zero-order valence-corrected chi connectivity index (χ0v) is 18.7. The smallest absolute Gasteiger partial charge is 0.285 e. The number of nitrogens with one attached hydrogen (secondary N) is 1. The quantitative estimate of drug-likeness (QED) is 0.669. The molecule has 0 spiro atoms. The summed E-state index contributed by atoms with van der Waals surface area (Å²) in [6.45, 7) is 1.66. The van der Waals surface area contributed by atoms with Crippen LogP contribution in [0.1, 0.15) is 23.2 Å². The fourth-order valence-corrected chi connectivity index (χ4v) is 4.58. The summed E-state index contributed by atoms with van der Waals surface area (Å²) in [4.78, 5) is 41.9. The Bertz CT molecular complexity index is 910. The highest BCUT2D eigenvalue weighted by atomic mass is 32.2. The van der Waals surface area contributed by atoms with Crippen LogP contribution in [0.15, 0.2) is 58.3 Å². The fourth-order valence-electron chi connectivity index (χ4n) is 2.97. The summed E-state index contributed by atoms with van der Waals surface area (Å²) in [5.74, 6) is 0.223. The first kappa shape index (κ1) is 22.2. The highest BCUT2D eigenvalue weighted by Crippen LogP contribution is 2.26. The predicted octanol–water partition coefficient (Wildman–Crippen LogP) is 4.43. The van der Waals surface area contributed by atoms with Crippen LogP contribution < -0.4 is 5.32 Å². The minimum atomic E-state index is -0.225. The molecule has 30 heavy (non-hydrogen) atoms. The van der Waals surface area contributed by atoms with Crippen LogP contribution in [0.25, 0.3) is 0 Å². The number of benzene rings is 2. The Morgan fingerprint density at radius 3 is 2.33 bits per heavy atom. The van der Waals surface area contributed by atoms with E-state index in [2.05, 4.69) is 5.32 Å². The molecule has 0 bridgehead atoms. The van der Waals surface area contributed by atoms with Crippen LogP contribution >= 0.6 is 23.5 Å². The van der Waals surface area contributed by atoms with Gasteiger partial charge in [0.1, 0.15) is 0 Å². The van der Waals surface area contributed by atoms with Gasteiger partial charge in [0.25, 0.3) is 11.1 Å². The third-order valence-electron chi connectivity index (χ3n) is 4.62. The van der Waals surface area contributed by atoms with Gasteiger partial charge in [-0.05, 0) is 61.0 Å². The van der Waals surface area contributed by atoms with Crippen molar-refractivity contribution < 1.29 is 14.4 Å². The van der Waals surface area contributed by atoms with Gasteiger partial charge in [-0.15, -0.1) is 11.8 Å². The third kappa shape index (κ3) is 6.03. The number of nitrogens with zero attached hydrogens (tertiary/aromatic N) is 2. The number of hydrogen-bond acceptors (Lipinski definition) is 5. The summed E-state index contributed by atoms with van der Waals surface area (Å²) in [6, 6.07) is 14.5. The molecular weight excluding hydrogens is 418 g/mol. The first-order valence-corrected chi connectivity index (χ1v) is 11.5. The number of hydrogen-bond donors (Lipinski definition) is 1. The van der Waals surface area contributed by atoms with Crippen molar-refractivity contribution in [2.45, 2.75) is 22.6 Å². The molecule has 1 aliphatic rings. The Morgan fingerprint density at radius 1 is 1.00 bits per heavy atom. The summed E-state index contributed by atoms with van der Waals surface area (Å²) in [5.41, 5.74) is 1.19. The Hall–Kier alpha value is -2.45. The van der Waals surface area contributed by atoms with Crippen LogP contribution in [-0.2, 0) is 4.79 Å². The molecule has 6 nitrogen and oxygen atoms in total. The average Bonchev–Trinajstić information content (AvgIpc) is 3.28. The van der Waals surface area contributed by atoms with Gasteiger partial charge in [0.2, 0.25) is 5.91 Å². The average molecular weight is 444 g/mol. The van der Waals surface area contributed by atoms with Gasteiger partial charge >= 0.3 is 0 Å². The molecule has 0 saturated carbocycles. The van der Waals surface area contributed by atoms with Crippen LogP contribution in [0, 0.1) is 0 Å². The van der Waals surface area contributed by atoms with Gasteiger partial charge in [0.15, 0.2) is 0 Å². The second kappa shape index (κ2) is 10.5. The molecule has 8 heteroatoms. The fraction of sp³-hybridized carbons (Fsp3) is 0.318. The number of rotatable bonds is 6. The first-order chi connectivity index (χ1) is 14.4. The maximum atomic E-state index is 12.8. The highest BCUT2D eigenvalue weighted by molar-refractivity contribution is 8.13. The van der Waals surface area contributed by atoms with Crippen LogP contribution in [0.3, 0.4) is 0 Å². The second-order valence-electron chi connectivity index (χ2n) is 7.11. The van der Waals surface area contributed by atoms with E-state index in [0.717, 1.165) is 47.5 Å². The molecule has 2 aromatic carbocycles. The summed E-state index contributed by atoms with van der Waals surface area (Å²) in [5, 5.41) is 2.84. The van der Waals surface area contributed by atoms with Crippen molar-refractivity contribution in [1.82, 2.24) is 9.80 Å². The first-order valence-electron chi connectivity index (χ1n) is 9.74. The van der Waals surface area contributed by atoms with E-state index in [0.29, 0.717) is 17.0 Å². The lowest BCUT2D eigenvalue weighted by Gasteiger charge is -2.15. The van der Waals surface area contributed by atoms with E-state index in [1.165, 1.54) is 16.7 Å². The molecule has 1 fully saturated rings. The minimum Gasteiger partial charge on any atom is -0.342 e. The van der Waals surface area contributed by atoms with E-state index >= 15 is 0 Å². The van der Waals surface area contributed by atoms with Crippen molar-refractivity contribution in [2.24, 2.45) is 0 Å². The summed E-state index contributed by atoms with van der Waals surface area (Å²) >= 11 is 2.53. The summed E-state index contributed by atoms with van der Waals surface area (Å²) < 4.78 is 0. The Balaban J connectivity index is 1.61. The van der Waals surface area contributed by atoms with Crippen molar-refractivity contribution in [2.75, 3.05) is 38.3 Å². The monoisotopic (exact) mass is 443 g/mol. The maximum Gasteiger partial charge on any atom is 0.285 e. The second-order valence-corrected chi connectivity index (χ2v) is 9.16. The van der Waals surface area contributed by atoms with E-state index in [9.17, 15) is 14.4 Å². The molecule has 1 heterocycles. The van der Waals surface area contributed by atoms with Crippen LogP contribution in [-0.4, -0.2) is 59.8 Å². The third-order valence-corrected chi connectivity index (χ3v) is 6.73. The van der Waals surface area contributed by atoms with Crippen LogP contribution in [0.4, 0.5) is 10.5 Å². The van der Waals surface area contributed by atoms with Gasteiger partial charge in [0, 0.05) is 42.7 Å². The molecule has 158 valence electrons. The van der Waals surface area contributed by atoms with Gasteiger partial charge in [-0.3, -0.25) is 14.4 Å². The molecule has 0 aliphatic carbocycles. The summed E-state index contributed by atoms with van der Waals surface area (Å²) in [6.07, 6.45) is 2.13. The number of carbonyl (C=O) groups is 3. The Morgan fingerprint density at radius 2 is 1.67 bits per heavy atom. The zero-order chi connectivity index (χ0) is 21.5. The van der Waals surface area contributed by atoms with Crippen molar-refractivity contribution in [3.8, 4) is 0 Å². The molecule has 3 amide bonds. The van der Waals surface area contributed by atoms with Gasteiger partial charge in [0.05, 0.1) is 11.3 Å². The standard InChI is InChI=1S/C22H25N3O3S2/c1-24(2)22(28)30-17-11-9-16(10-12-17)23-21(27)18-7-3-4-8-19(18)29-15-20(26)25-13-5-6-14-25/h3-4,7-12H,5-6,13-15H2,1-2H3,(H,23,27). The van der Waals surface area contributed by atoms with Crippen molar-refractivity contribution in [3.05, 3.63) is 54.1 Å². The number of amides is 3. The van der Waals surface area contributed by atoms with Crippen molar-refractivity contribution in [1.29, 1.82) is 0 Å². The van der Waals surface area contributed by atoms with Crippen LogP contribution in [0.5, 0.6) is 0 Å². The predicted molar refractivity (Wildman–Crippen MR) is 122 cm³/mol. The molecule has 1 saturated heterocycles. The Kier molecular flexibility index (Phi) is 7.81. The van der Waals surface area contributed by atoms with Gasteiger partial charge in [-0.1, -0.05) is 12.1 Å². The zero-order valence-electron chi connectivity index (χ0n) is 17.1. The molecule has 0 unspecified atom stereocenters. The van der Waals surface area contributed by atoms with Crippen LogP contribution in [0.2, 0.25) is 0 Å². The molecule has 0 atom stereocenters. The van der Waals surface area contributed by atoms with Crippen molar-refractivity contribution in [3.63, 3.8) is 0 Å². The molecule has 0 radical (unpaired) electrons. The topological polar surface area (TPSA) is 69.7 Å². The van der Waals surface area contributed by atoms with Gasteiger partial charge in [-0.25, -0.2) is 0 Å². The minimum absolute atomic E-state index is 0.0544. The van der Waals surface area contributed by atoms with E-state index in [-0.39, 0.29) is 17.1 Å². The molecule has 0 aromatic heterocycles. The van der Waals surface area contributed by atoms with Crippen molar-refractivity contribution >= 4 is 46.3 Å². The lowest BCUT2D eigenvalue weighted by molar-refractivity contribution is -0.127. The number of anilines is 1. The highest BCUT2D eigenvalue weighted by Gasteiger charge is 2.19. The van der Waals surface area contributed by atoms with E-state index in [1.807, 2.05) is 23.1 Å². The van der Waals surface area contributed by atoms with E-state index in [1.54, 1.807) is 44.4 Å². The molecule has 3 rings (SSSR count). The van der Waals surface area contributed by atoms with Gasteiger partial charge in [-0.2, -0.15) is 0 Å². The lowest BCUT2D eigenvalue weighted by Crippen LogP contribution is -2.29. The molecule has 1 N–H and O–H groups in total. The van der Waals surface area contributed by atoms with E-state index < -0.39 is 0 Å². The molecule has 1 aliphatic heterocycles. The Labute approximate surface area is 185 Å². The number of thioether (sulfide) groups is 2. The van der Waals surface area contributed by atoms with E-state index in [4.69, 9.17) is 0 Å². The lowest BCUT2D eigenvalue weighted by atomic mass is 10.2. The van der Waals surface area contributed by atoms with Gasteiger partial charge < -0.3 is 15.1 Å². The maximum absolute atomic E-state index is 12.8. The number of carbonyl (C=O) groups excluding carboxylic acids is 3. The largest absolute Gasteiger partial charge is 0.342 e.